The van der Waals surface area contributed by atoms with Crippen LogP contribution >= 0.6 is 11.3 Å². The number of nitrogens with one attached hydrogen (secondary N) is 1. The van der Waals surface area contributed by atoms with Gasteiger partial charge in [-0.05, 0) is 6.42 Å². The zero-order chi connectivity index (χ0) is 10.8. The van der Waals surface area contributed by atoms with Gasteiger partial charge in [-0.1, -0.05) is 11.3 Å². The van der Waals surface area contributed by atoms with Crippen molar-refractivity contribution in [1.82, 2.24) is 4.98 Å². The fourth-order valence-corrected chi connectivity index (χ4v) is 2.30. The SMILES string of the molecule is CS(=O)(=O)CCC(N)c1csc(=O)[nH]1. The fourth-order valence-electron chi connectivity index (χ4n) is 0.970. The average Bonchev–Trinajstić information content (AvgIpc) is 2.46. The molecule has 0 radical (unpaired) electrons. The van der Waals surface area contributed by atoms with Crippen molar-refractivity contribution in [2.24, 2.45) is 5.73 Å². The van der Waals surface area contributed by atoms with Crippen LogP contribution in [0.5, 0.6) is 0 Å². The lowest BCUT2D eigenvalue weighted by molar-refractivity contribution is 0.590. The first-order chi connectivity index (χ1) is 6.38. The van der Waals surface area contributed by atoms with Gasteiger partial charge in [-0.25, -0.2) is 8.42 Å². The van der Waals surface area contributed by atoms with E-state index >= 15 is 0 Å². The first-order valence-electron chi connectivity index (χ1n) is 3.99. The maximum atomic E-state index is 10.8. The molecule has 0 bridgehead atoms. The molecule has 0 saturated heterocycles. The molecule has 0 fully saturated rings. The highest BCUT2D eigenvalue weighted by molar-refractivity contribution is 7.90. The van der Waals surface area contributed by atoms with Crippen LogP contribution in [0.25, 0.3) is 0 Å². The molecule has 0 aliphatic carbocycles. The highest BCUT2D eigenvalue weighted by atomic mass is 32.2. The lowest BCUT2D eigenvalue weighted by Gasteiger charge is -2.07. The first-order valence-corrected chi connectivity index (χ1v) is 6.93. The van der Waals surface area contributed by atoms with Crippen molar-refractivity contribution in [2.75, 3.05) is 12.0 Å². The van der Waals surface area contributed by atoms with Gasteiger partial charge < -0.3 is 10.7 Å². The van der Waals surface area contributed by atoms with Crippen molar-refractivity contribution in [3.05, 3.63) is 20.7 Å². The molecule has 0 aliphatic heterocycles. The molecule has 1 heterocycles. The third-order valence-electron chi connectivity index (χ3n) is 1.74. The molecule has 0 spiro atoms. The van der Waals surface area contributed by atoms with Crippen LogP contribution in [0, 0.1) is 0 Å². The van der Waals surface area contributed by atoms with Gasteiger partial charge in [0, 0.05) is 23.4 Å². The minimum Gasteiger partial charge on any atom is -0.323 e. The summed E-state index contributed by atoms with van der Waals surface area (Å²) >= 11 is 1.03. The quantitative estimate of drug-likeness (QED) is 0.761. The summed E-state index contributed by atoms with van der Waals surface area (Å²) < 4.78 is 21.7. The van der Waals surface area contributed by atoms with Crippen molar-refractivity contribution in [1.29, 1.82) is 0 Å². The van der Waals surface area contributed by atoms with Crippen molar-refractivity contribution < 1.29 is 8.42 Å². The van der Waals surface area contributed by atoms with Crippen LogP contribution in [-0.2, 0) is 9.84 Å². The maximum Gasteiger partial charge on any atom is 0.304 e. The van der Waals surface area contributed by atoms with Gasteiger partial charge in [0.05, 0.1) is 5.75 Å². The number of aromatic nitrogens is 1. The molecule has 1 rings (SSSR count). The van der Waals surface area contributed by atoms with E-state index in [0.717, 1.165) is 17.6 Å². The number of sulfone groups is 1. The van der Waals surface area contributed by atoms with Crippen LogP contribution < -0.4 is 10.6 Å². The number of thiazole rings is 1. The topological polar surface area (TPSA) is 93.0 Å². The maximum absolute atomic E-state index is 10.8. The molecule has 0 saturated carbocycles. The van der Waals surface area contributed by atoms with Crippen LogP contribution in [0.3, 0.4) is 0 Å². The second-order valence-electron chi connectivity index (χ2n) is 3.13. The van der Waals surface area contributed by atoms with Gasteiger partial charge in [-0.3, -0.25) is 4.79 Å². The molecule has 0 aliphatic rings. The van der Waals surface area contributed by atoms with E-state index in [1.54, 1.807) is 5.38 Å². The monoisotopic (exact) mass is 236 g/mol. The van der Waals surface area contributed by atoms with Crippen LogP contribution in [0.1, 0.15) is 18.2 Å². The third kappa shape index (κ3) is 3.60. The summed E-state index contributed by atoms with van der Waals surface area (Å²) in [4.78, 5) is 13.2. The van der Waals surface area contributed by atoms with E-state index in [1.807, 2.05) is 0 Å². The van der Waals surface area contributed by atoms with Gasteiger partial charge in [0.2, 0.25) is 0 Å². The average molecular weight is 236 g/mol. The molecule has 5 nitrogen and oxygen atoms in total. The van der Waals surface area contributed by atoms with E-state index in [0.29, 0.717) is 12.1 Å². The van der Waals surface area contributed by atoms with E-state index in [2.05, 4.69) is 4.98 Å². The summed E-state index contributed by atoms with van der Waals surface area (Å²) in [7, 11) is -2.99. The van der Waals surface area contributed by atoms with E-state index in [9.17, 15) is 13.2 Å². The second kappa shape index (κ2) is 4.24. The van der Waals surface area contributed by atoms with Gasteiger partial charge in [-0.15, -0.1) is 0 Å². The number of hydrogen-bond acceptors (Lipinski definition) is 5. The van der Waals surface area contributed by atoms with Crippen LogP contribution in [0.15, 0.2) is 10.2 Å². The number of aromatic amines is 1. The molecular formula is C7H12N2O3S2. The van der Waals surface area contributed by atoms with Gasteiger partial charge in [0.15, 0.2) is 0 Å². The Labute approximate surface area is 85.9 Å². The highest BCUT2D eigenvalue weighted by Crippen LogP contribution is 2.11. The Morgan fingerprint density at radius 2 is 2.29 bits per heavy atom. The van der Waals surface area contributed by atoms with E-state index < -0.39 is 15.9 Å². The zero-order valence-corrected chi connectivity index (χ0v) is 9.32. The van der Waals surface area contributed by atoms with Crippen LogP contribution in [0.2, 0.25) is 0 Å². The van der Waals surface area contributed by atoms with Gasteiger partial charge >= 0.3 is 4.87 Å². The lowest BCUT2D eigenvalue weighted by atomic mass is 10.2. The van der Waals surface area contributed by atoms with E-state index in [4.69, 9.17) is 5.73 Å². The number of nitrogens with two attached hydrogens (primary N) is 1. The number of rotatable bonds is 4. The molecule has 80 valence electrons. The molecule has 14 heavy (non-hydrogen) atoms. The summed E-state index contributed by atoms with van der Waals surface area (Å²) in [5.74, 6) is 0.0338. The molecule has 7 heteroatoms. The Hall–Kier alpha value is -0.660. The van der Waals surface area contributed by atoms with Gasteiger partial charge in [0.1, 0.15) is 9.84 Å². The van der Waals surface area contributed by atoms with Crippen LogP contribution in [0.4, 0.5) is 0 Å². The minimum atomic E-state index is -2.99. The summed E-state index contributed by atoms with van der Waals surface area (Å²) in [5, 5.41) is 1.62. The normalized spacial score (nSPS) is 14.1. The summed E-state index contributed by atoms with van der Waals surface area (Å²) in [6.45, 7) is 0. The Kier molecular flexibility index (Phi) is 3.46. The van der Waals surface area contributed by atoms with Crippen molar-refractivity contribution >= 4 is 21.2 Å². The number of hydrogen-bond donors (Lipinski definition) is 2. The highest BCUT2D eigenvalue weighted by Gasteiger charge is 2.11. The summed E-state index contributed by atoms with van der Waals surface area (Å²) in [5.41, 5.74) is 6.29. The molecule has 0 amide bonds. The fraction of sp³-hybridized carbons (Fsp3) is 0.571. The first kappa shape index (κ1) is 11.4. The predicted molar refractivity (Wildman–Crippen MR) is 56.2 cm³/mol. The van der Waals surface area contributed by atoms with E-state index in [-0.39, 0.29) is 10.6 Å². The van der Waals surface area contributed by atoms with Crippen molar-refractivity contribution in [3.63, 3.8) is 0 Å². The lowest BCUT2D eigenvalue weighted by Crippen LogP contribution is -2.16. The standard InChI is InChI=1S/C7H12N2O3S2/c1-14(11,12)3-2-5(8)6-4-13-7(10)9-6/h4-5H,2-3,8H2,1H3,(H,9,10). The summed E-state index contributed by atoms with van der Waals surface area (Å²) in [6, 6.07) is -0.413. The number of H-pyrrole nitrogens is 1. The van der Waals surface area contributed by atoms with Gasteiger partial charge in [-0.2, -0.15) is 0 Å². The molecule has 1 aromatic rings. The predicted octanol–water partition coefficient (Wildman–Crippen LogP) is -0.129. The molecule has 1 unspecified atom stereocenters. The molecule has 1 aromatic heterocycles. The zero-order valence-electron chi connectivity index (χ0n) is 7.69. The van der Waals surface area contributed by atoms with Gasteiger partial charge in [0.25, 0.3) is 0 Å². The second-order valence-corrected chi connectivity index (χ2v) is 6.23. The largest absolute Gasteiger partial charge is 0.323 e. The smallest absolute Gasteiger partial charge is 0.304 e. The molecular weight excluding hydrogens is 224 g/mol. The van der Waals surface area contributed by atoms with E-state index in [1.165, 1.54) is 0 Å². The Morgan fingerprint density at radius 3 is 2.71 bits per heavy atom. The Morgan fingerprint density at radius 1 is 1.64 bits per heavy atom. The molecule has 3 N–H and O–H groups in total. The molecule has 0 aromatic carbocycles. The minimum absolute atomic E-state index is 0.0338. The van der Waals surface area contributed by atoms with Crippen molar-refractivity contribution in [2.45, 2.75) is 12.5 Å². The van der Waals surface area contributed by atoms with Crippen LogP contribution in [-0.4, -0.2) is 25.4 Å². The third-order valence-corrected chi connectivity index (χ3v) is 3.40. The Bertz CT molecular complexity index is 446. The van der Waals surface area contributed by atoms with Crippen molar-refractivity contribution in [3.8, 4) is 0 Å². The summed E-state index contributed by atoms with van der Waals surface area (Å²) in [6.07, 6.45) is 1.49. The molecule has 1 atom stereocenters. The Balaban J connectivity index is 2.60.